The van der Waals surface area contributed by atoms with Crippen LogP contribution in [0.1, 0.15) is 78.8 Å². The largest absolute Gasteiger partial charge is 0.573 e. The second-order valence-corrected chi connectivity index (χ2v) is 12.6. The number of nitrogens with zero attached hydrogens (tertiary/aromatic N) is 3. The molecule has 3 aromatic rings. The number of carbonyl (C=O) groups excluding carboxylic acids is 2. The molecule has 46 heavy (non-hydrogen) atoms. The predicted molar refractivity (Wildman–Crippen MR) is 168 cm³/mol. The highest BCUT2D eigenvalue weighted by Crippen LogP contribution is 2.35. The lowest BCUT2D eigenvalue weighted by Gasteiger charge is -2.36. The first-order chi connectivity index (χ1) is 21.8. The number of ether oxygens (including phenoxy) is 1. The van der Waals surface area contributed by atoms with Gasteiger partial charge in [0.2, 0.25) is 11.9 Å². The second kappa shape index (κ2) is 13.5. The van der Waals surface area contributed by atoms with Crippen molar-refractivity contribution in [3.05, 3.63) is 85.2 Å². The van der Waals surface area contributed by atoms with E-state index < -0.39 is 12.4 Å². The number of anilines is 1. The van der Waals surface area contributed by atoms with Gasteiger partial charge >= 0.3 is 6.36 Å². The Balaban J connectivity index is 1.48. The van der Waals surface area contributed by atoms with E-state index in [4.69, 9.17) is 28.2 Å². The van der Waals surface area contributed by atoms with Crippen molar-refractivity contribution >= 4 is 41.0 Å². The SMILES string of the molecule is CNC(=O)C1CCC(n2c(N[C@@H](C)c3ccc(OC(F)(F)F)cc3)nc3c(c2=O)C[C@@H](C)N(C(=O)c2ccc(Cl)c(Cl)c2)C3)CC1. The van der Waals surface area contributed by atoms with Gasteiger partial charge in [-0.25, -0.2) is 4.98 Å². The van der Waals surface area contributed by atoms with Crippen LogP contribution in [0, 0.1) is 5.92 Å². The summed E-state index contributed by atoms with van der Waals surface area (Å²) in [6, 6.07) is 9.13. The summed E-state index contributed by atoms with van der Waals surface area (Å²) in [5, 5.41) is 6.58. The highest BCUT2D eigenvalue weighted by molar-refractivity contribution is 6.42. The van der Waals surface area contributed by atoms with Crippen molar-refractivity contribution < 1.29 is 27.5 Å². The summed E-state index contributed by atoms with van der Waals surface area (Å²) in [5.41, 5.74) is 1.75. The number of halogens is 5. The summed E-state index contributed by atoms with van der Waals surface area (Å²) in [6.07, 6.45) is -2.14. The van der Waals surface area contributed by atoms with Gasteiger partial charge in [-0.05, 0) is 81.8 Å². The van der Waals surface area contributed by atoms with Gasteiger partial charge in [0.15, 0.2) is 0 Å². The molecule has 2 aliphatic rings. The number of hydrogen-bond acceptors (Lipinski definition) is 6. The fourth-order valence-electron chi connectivity index (χ4n) is 6.22. The fourth-order valence-corrected chi connectivity index (χ4v) is 6.51. The number of nitrogens with one attached hydrogen (secondary N) is 2. The normalized spacial score (nSPS) is 20.4. The van der Waals surface area contributed by atoms with Crippen LogP contribution in [0.25, 0.3) is 0 Å². The van der Waals surface area contributed by atoms with E-state index in [1.165, 1.54) is 30.3 Å². The molecule has 0 radical (unpaired) electrons. The molecule has 5 rings (SSSR count). The molecule has 1 aliphatic heterocycles. The third-order valence-corrected chi connectivity index (χ3v) is 9.45. The van der Waals surface area contributed by atoms with Gasteiger partial charge in [0.25, 0.3) is 11.5 Å². The average Bonchev–Trinajstić information content (AvgIpc) is 3.01. The summed E-state index contributed by atoms with van der Waals surface area (Å²) in [7, 11) is 1.61. The lowest BCUT2D eigenvalue weighted by atomic mass is 9.85. The van der Waals surface area contributed by atoms with Crippen LogP contribution in [-0.4, -0.2) is 45.7 Å². The molecule has 1 aromatic heterocycles. The van der Waals surface area contributed by atoms with Crippen LogP contribution in [0.4, 0.5) is 19.1 Å². The van der Waals surface area contributed by atoms with E-state index in [-0.39, 0.29) is 65.1 Å². The molecule has 1 aliphatic carbocycles. The lowest BCUT2D eigenvalue weighted by molar-refractivity contribution is -0.274. The van der Waals surface area contributed by atoms with E-state index in [1.54, 1.807) is 35.6 Å². The van der Waals surface area contributed by atoms with Crippen molar-refractivity contribution in [2.24, 2.45) is 5.92 Å². The van der Waals surface area contributed by atoms with Crippen LogP contribution in [0.15, 0.2) is 47.3 Å². The molecule has 2 heterocycles. The van der Waals surface area contributed by atoms with Gasteiger partial charge in [0.1, 0.15) is 5.75 Å². The van der Waals surface area contributed by atoms with Gasteiger partial charge in [0.05, 0.1) is 28.3 Å². The number of amides is 2. The number of hydrogen-bond donors (Lipinski definition) is 2. The molecule has 0 unspecified atom stereocenters. The summed E-state index contributed by atoms with van der Waals surface area (Å²) < 4.78 is 43.7. The van der Waals surface area contributed by atoms with E-state index in [9.17, 15) is 27.6 Å². The van der Waals surface area contributed by atoms with Gasteiger partial charge in [-0.3, -0.25) is 19.0 Å². The molecule has 0 bridgehead atoms. The highest BCUT2D eigenvalue weighted by Gasteiger charge is 2.35. The first-order valence-corrected chi connectivity index (χ1v) is 15.8. The summed E-state index contributed by atoms with van der Waals surface area (Å²) in [4.78, 5) is 46.6. The van der Waals surface area contributed by atoms with Crippen molar-refractivity contribution in [1.82, 2.24) is 19.8 Å². The van der Waals surface area contributed by atoms with Crippen molar-refractivity contribution in [3.8, 4) is 5.75 Å². The Morgan fingerprint density at radius 2 is 1.72 bits per heavy atom. The molecule has 9 nitrogen and oxygen atoms in total. The van der Waals surface area contributed by atoms with E-state index in [0.29, 0.717) is 53.1 Å². The van der Waals surface area contributed by atoms with Crippen LogP contribution >= 0.6 is 23.2 Å². The number of carbonyl (C=O) groups is 2. The third kappa shape index (κ3) is 7.28. The molecule has 2 aromatic carbocycles. The lowest BCUT2D eigenvalue weighted by Crippen LogP contribution is -2.46. The van der Waals surface area contributed by atoms with Crippen molar-refractivity contribution in [2.75, 3.05) is 12.4 Å². The maximum absolute atomic E-state index is 14.2. The molecule has 1 saturated carbocycles. The summed E-state index contributed by atoms with van der Waals surface area (Å²) in [6.45, 7) is 3.76. The van der Waals surface area contributed by atoms with E-state index >= 15 is 0 Å². The Bertz CT molecular complexity index is 1670. The number of fused-ring (bicyclic) bond motifs is 1. The molecule has 0 saturated heterocycles. The minimum Gasteiger partial charge on any atom is -0.406 e. The Hall–Kier alpha value is -3.77. The highest BCUT2D eigenvalue weighted by atomic mass is 35.5. The van der Waals surface area contributed by atoms with E-state index in [0.717, 1.165) is 0 Å². The number of aromatic nitrogens is 2. The molecular formula is C32H34Cl2F3N5O4. The molecule has 246 valence electrons. The average molecular weight is 681 g/mol. The quantitative estimate of drug-likeness (QED) is 0.289. The molecule has 1 fully saturated rings. The first-order valence-electron chi connectivity index (χ1n) is 15.0. The van der Waals surface area contributed by atoms with Gasteiger partial charge < -0.3 is 20.3 Å². The van der Waals surface area contributed by atoms with E-state index in [1.807, 2.05) is 6.92 Å². The van der Waals surface area contributed by atoms with Gasteiger partial charge in [-0.1, -0.05) is 35.3 Å². The van der Waals surface area contributed by atoms with Crippen molar-refractivity contribution in [1.29, 1.82) is 0 Å². The second-order valence-electron chi connectivity index (χ2n) is 11.8. The van der Waals surface area contributed by atoms with Crippen LogP contribution in [0.2, 0.25) is 10.0 Å². The molecule has 0 spiro atoms. The van der Waals surface area contributed by atoms with Crippen molar-refractivity contribution in [2.45, 2.75) is 77.0 Å². The topological polar surface area (TPSA) is 106 Å². The zero-order valence-electron chi connectivity index (χ0n) is 25.5. The van der Waals surface area contributed by atoms with Crippen LogP contribution in [-0.2, 0) is 17.8 Å². The Morgan fingerprint density at radius 3 is 2.33 bits per heavy atom. The predicted octanol–water partition coefficient (Wildman–Crippen LogP) is 6.69. The van der Waals surface area contributed by atoms with Gasteiger partial charge in [-0.15, -0.1) is 13.2 Å². The zero-order chi connectivity index (χ0) is 33.3. The summed E-state index contributed by atoms with van der Waals surface area (Å²) in [5.74, 6) is -0.511. The van der Waals surface area contributed by atoms with Crippen LogP contribution < -0.4 is 20.9 Å². The number of alkyl halides is 3. The first kappa shape index (κ1) is 33.6. The summed E-state index contributed by atoms with van der Waals surface area (Å²) >= 11 is 12.2. The molecule has 2 amide bonds. The fraction of sp³-hybridized carbons (Fsp3) is 0.438. The van der Waals surface area contributed by atoms with Gasteiger partial charge in [0, 0.05) is 36.2 Å². The minimum absolute atomic E-state index is 0.0279. The van der Waals surface area contributed by atoms with E-state index in [2.05, 4.69) is 15.4 Å². The number of rotatable bonds is 7. The standard InChI is InChI=1S/C32H34Cl2F3N5O4/c1-17-14-24-27(16-41(17)29(44)21-8-13-25(33)26(34)15-21)40-31(39-18(2)19-6-11-23(12-7-19)46-32(35,36)37)42(30(24)45)22-9-4-20(5-10-22)28(43)38-3/h6-8,11-13,15,17-18,20,22H,4-5,9-10,14,16H2,1-3H3,(H,38,43)(H,39,40)/t17-,18+,20?,22?/m1/s1. The Kier molecular flexibility index (Phi) is 9.88. The molecule has 2 N–H and O–H groups in total. The van der Waals surface area contributed by atoms with Gasteiger partial charge in [-0.2, -0.15) is 0 Å². The third-order valence-electron chi connectivity index (χ3n) is 8.71. The number of benzene rings is 2. The molecule has 14 heteroatoms. The Morgan fingerprint density at radius 1 is 1.04 bits per heavy atom. The maximum atomic E-state index is 14.2. The smallest absolute Gasteiger partial charge is 0.406 e. The maximum Gasteiger partial charge on any atom is 0.573 e. The van der Waals surface area contributed by atoms with Crippen LogP contribution in [0.5, 0.6) is 5.75 Å². The zero-order valence-corrected chi connectivity index (χ0v) is 27.0. The minimum atomic E-state index is -4.81. The molecular weight excluding hydrogens is 646 g/mol. The monoisotopic (exact) mass is 679 g/mol. The van der Waals surface area contributed by atoms with Crippen LogP contribution in [0.3, 0.4) is 0 Å². The molecule has 2 atom stereocenters. The Labute approximate surface area is 274 Å². The van der Waals surface area contributed by atoms with Crippen molar-refractivity contribution in [3.63, 3.8) is 0 Å².